The van der Waals surface area contributed by atoms with Crippen LogP contribution in [0.1, 0.15) is 5.56 Å². The van der Waals surface area contributed by atoms with Crippen LogP contribution in [0.2, 0.25) is 10.0 Å². The number of halogens is 2. The van der Waals surface area contributed by atoms with E-state index >= 15 is 0 Å². The van der Waals surface area contributed by atoms with Crippen molar-refractivity contribution in [2.24, 2.45) is 5.41 Å². The van der Waals surface area contributed by atoms with Crippen molar-refractivity contribution < 1.29 is 9.84 Å². The van der Waals surface area contributed by atoms with E-state index in [2.05, 4.69) is 0 Å². The Morgan fingerprint density at radius 3 is 2.65 bits per heavy atom. The van der Waals surface area contributed by atoms with Gasteiger partial charge in [0.15, 0.2) is 0 Å². The van der Waals surface area contributed by atoms with Crippen molar-refractivity contribution in [3.05, 3.63) is 33.8 Å². The van der Waals surface area contributed by atoms with Crippen molar-refractivity contribution in [1.29, 1.82) is 0 Å². The molecule has 2 nitrogen and oxygen atoms in total. The maximum Gasteiger partial charge on any atom is 0.0575 e. The predicted octanol–water partition coefficient (Wildman–Crippen LogP) is 3.24. The average Bonchev–Trinajstić information content (AvgIpc) is 2.25. The van der Waals surface area contributed by atoms with E-state index in [1.165, 1.54) is 0 Å². The van der Waals surface area contributed by atoms with Gasteiger partial charge in [0.1, 0.15) is 0 Å². The third kappa shape index (κ3) is 3.30. The molecular weight excluding hydrogens is 279 g/mol. The first-order valence-corrected chi connectivity index (χ1v) is 7.27. The van der Waals surface area contributed by atoms with Gasteiger partial charge in [0.2, 0.25) is 0 Å². The van der Waals surface area contributed by atoms with Gasteiger partial charge in [0, 0.05) is 27.0 Å². The number of rotatable bonds is 5. The fraction of sp³-hybridized carbons (Fsp3) is 0.500. The topological polar surface area (TPSA) is 29.5 Å². The molecule has 0 unspecified atom stereocenters. The van der Waals surface area contributed by atoms with Crippen LogP contribution in [0.15, 0.2) is 18.2 Å². The molecule has 2 rings (SSSR count). The lowest BCUT2D eigenvalue weighted by Crippen LogP contribution is -2.47. The Morgan fingerprint density at radius 2 is 2.12 bits per heavy atom. The highest BCUT2D eigenvalue weighted by Crippen LogP contribution is 2.33. The highest BCUT2D eigenvalue weighted by Gasteiger charge is 2.37. The standard InChI is InChI=1S/C12H14Cl2O2S/c13-10-2-1-9(11(14)3-10)4-17-8-12(5-15)6-16-7-12/h1-3,15H,4-8H2. The smallest absolute Gasteiger partial charge is 0.0575 e. The number of hydrogen-bond acceptors (Lipinski definition) is 3. The van der Waals surface area contributed by atoms with Gasteiger partial charge in [-0.1, -0.05) is 29.3 Å². The number of ether oxygens (including phenoxy) is 1. The van der Waals surface area contributed by atoms with Crippen molar-refractivity contribution in [2.45, 2.75) is 5.75 Å². The monoisotopic (exact) mass is 292 g/mol. The van der Waals surface area contributed by atoms with Crippen LogP contribution in [0.4, 0.5) is 0 Å². The first-order chi connectivity index (χ1) is 8.15. The Bertz CT molecular complexity index is 389. The second kappa shape index (κ2) is 5.81. The molecule has 1 aliphatic rings. The number of hydrogen-bond donors (Lipinski definition) is 1. The second-order valence-corrected chi connectivity index (χ2v) is 6.21. The summed E-state index contributed by atoms with van der Waals surface area (Å²) in [7, 11) is 0. The predicted molar refractivity (Wildman–Crippen MR) is 73.0 cm³/mol. The normalized spacial score (nSPS) is 17.8. The lowest BCUT2D eigenvalue weighted by molar-refractivity contribution is -0.121. The van der Waals surface area contributed by atoms with Crippen LogP contribution < -0.4 is 0 Å². The van der Waals surface area contributed by atoms with E-state index in [0.717, 1.165) is 17.1 Å². The lowest BCUT2D eigenvalue weighted by Gasteiger charge is -2.39. The van der Waals surface area contributed by atoms with Gasteiger partial charge in [-0.05, 0) is 17.7 Å². The summed E-state index contributed by atoms with van der Waals surface area (Å²) in [6.07, 6.45) is 0. The first kappa shape index (κ1) is 13.5. The maximum absolute atomic E-state index is 9.29. The fourth-order valence-electron chi connectivity index (χ4n) is 1.63. The summed E-state index contributed by atoms with van der Waals surface area (Å²) in [4.78, 5) is 0. The fourth-order valence-corrected chi connectivity index (χ4v) is 3.45. The molecule has 1 saturated heterocycles. The van der Waals surface area contributed by atoms with E-state index in [-0.39, 0.29) is 12.0 Å². The number of thioether (sulfide) groups is 1. The van der Waals surface area contributed by atoms with Crippen LogP contribution in [0.3, 0.4) is 0 Å². The van der Waals surface area contributed by atoms with E-state index in [1.807, 2.05) is 12.1 Å². The first-order valence-electron chi connectivity index (χ1n) is 5.35. The molecule has 1 fully saturated rings. The van der Waals surface area contributed by atoms with E-state index in [0.29, 0.717) is 23.3 Å². The Labute approximate surface area is 115 Å². The van der Waals surface area contributed by atoms with Crippen molar-refractivity contribution in [3.63, 3.8) is 0 Å². The Kier molecular flexibility index (Phi) is 4.61. The third-order valence-electron chi connectivity index (χ3n) is 2.83. The molecule has 0 amide bonds. The van der Waals surface area contributed by atoms with Gasteiger partial charge in [0.25, 0.3) is 0 Å². The summed E-state index contributed by atoms with van der Waals surface area (Å²) in [6.45, 7) is 1.50. The van der Waals surface area contributed by atoms with Crippen LogP contribution in [0.5, 0.6) is 0 Å². The molecule has 1 heterocycles. The largest absolute Gasteiger partial charge is 0.396 e. The van der Waals surface area contributed by atoms with Crippen molar-refractivity contribution in [1.82, 2.24) is 0 Å². The van der Waals surface area contributed by atoms with Crippen molar-refractivity contribution >= 4 is 35.0 Å². The molecule has 0 spiro atoms. The highest BCUT2D eigenvalue weighted by atomic mass is 35.5. The molecule has 0 aliphatic carbocycles. The van der Waals surface area contributed by atoms with Crippen LogP contribution in [-0.2, 0) is 10.5 Å². The molecule has 0 saturated carbocycles. The summed E-state index contributed by atoms with van der Waals surface area (Å²) >= 11 is 13.7. The van der Waals surface area contributed by atoms with E-state index in [9.17, 15) is 5.11 Å². The van der Waals surface area contributed by atoms with Crippen molar-refractivity contribution in [3.8, 4) is 0 Å². The molecule has 0 radical (unpaired) electrons. The summed E-state index contributed by atoms with van der Waals surface area (Å²) in [6, 6.07) is 5.55. The highest BCUT2D eigenvalue weighted by molar-refractivity contribution is 7.98. The van der Waals surface area contributed by atoms with E-state index in [4.69, 9.17) is 27.9 Å². The molecule has 0 aromatic heterocycles. The summed E-state index contributed by atoms with van der Waals surface area (Å²) in [5.74, 6) is 1.72. The molecule has 94 valence electrons. The van der Waals surface area contributed by atoms with Gasteiger partial charge in [0.05, 0.1) is 19.8 Å². The molecule has 1 aromatic rings. The average molecular weight is 293 g/mol. The molecule has 1 aromatic carbocycles. The third-order valence-corrected chi connectivity index (χ3v) is 4.75. The minimum absolute atomic E-state index is 0.0381. The molecular formula is C12H14Cl2O2S. The van der Waals surface area contributed by atoms with Gasteiger partial charge >= 0.3 is 0 Å². The lowest BCUT2D eigenvalue weighted by atomic mass is 9.90. The van der Waals surface area contributed by atoms with E-state index < -0.39 is 0 Å². The van der Waals surface area contributed by atoms with Gasteiger partial charge in [-0.15, -0.1) is 0 Å². The van der Waals surface area contributed by atoms with Gasteiger partial charge in [-0.2, -0.15) is 11.8 Å². The Balaban J connectivity index is 1.85. The van der Waals surface area contributed by atoms with Gasteiger partial charge in [-0.25, -0.2) is 0 Å². The zero-order valence-electron chi connectivity index (χ0n) is 9.29. The zero-order chi connectivity index (χ0) is 12.3. The van der Waals surface area contributed by atoms with Crippen LogP contribution in [0, 0.1) is 5.41 Å². The van der Waals surface area contributed by atoms with Gasteiger partial charge in [-0.3, -0.25) is 0 Å². The Hall–Kier alpha value is 0.0700. The molecule has 17 heavy (non-hydrogen) atoms. The number of benzene rings is 1. The van der Waals surface area contributed by atoms with E-state index in [1.54, 1.807) is 17.8 Å². The molecule has 1 N–H and O–H groups in total. The summed E-state index contributed by atoms with van der Waals surface area (Å²) in [5, 5.41) is 10.6. The molecule has 5 heteroatoms. The van der Waals surface area contributed by atoms with Crippen molar-refractivity contribution in [2.75, 3.05) is 25.6 Å². The number of aliphatic hydroxyl groups is 1. The minimum atomic E-state index is -0.0381. The van der Waals surface area contributed by atoms with Gasteiger partial charge < -0.3 is 9.84 Å². The zero-order valence-corrected chi connectivity index (χ0v) is 11.6. The SMILES string of the molecule is OCC1(CSCc2ccc(Cl)cc2Cl)COC1. The molecule has 0 atom stereocenters. The quantitative estimate of drug-likeness (QED) is 0.903. The minimum Gasteiger partial charge on any atom is -0.396 e. The van der Waals surface area contributed by atoms with Crippen LogP contribution in [-0.4, -0.2) is 30.7 Å². The second-order valence-electron chi connectivity index (χ2n) is 4.38. The molecule has 0 bridgehead atoms. The number of aliphatic hydroxyl groups excluding tert-OH is 1. The molecule has 1 aliphatic heterocycles. The Morgan fingerprint density at radius 1 is 1.35 bits per heavy atom. The van der Waals surface area contributed by atoms with Crippen LogP contribution in [0.25, 0.3) is 0 Å². The summed E-state index contributed by atoms with van der Waals surface area (Å²) < 4.78 is 5.15. The van der Waals surface area contributed by atoms with Crippen LogP contribution >= 0.6 is 35.0 Å². The summed E-state index contributed by atoms with van der Waals surface area (Å²) in [5.41, 5.74) is 1.04. The maximum atomic E-state index is 9.29.